The Labute approximate surface area is 102 Å². The highest BCUT2D eigenvalue weighted by molar-refractivity contribution is 5.51. The predicted molar refractivity (Wildman–Crippen MR) is 67.6 cm³/mol. The molecular formula is C13H19N3O. The first-order valence-corrected chi connectivity index (χ1v) is 6.07. The summed E-state index contributed by atoms with van der Waals surface area (Å²) in [6.45, 7) is 5.19. The van der Waals surface area contributed by atoms with E-state index in [-0.39, 0.29) is 6.04 Å². The minimum atomic E-state index is 0.289. The van der Waals surface area contributed by atoms with Gasteiger partial charge in [0.1, 0.15) is 11.5 Å². The van der Waals surface area contributed by atoms with Gasteiger partial charge in [-0.25, -0.2) is 0 Å². The first kappa shape index (κ1) is 11.9. The number of rotatable bonds is 5. The van der Waals surface area contributed by atoms with Crippen LogP contribution >= 0.6 is 0 Å². The second kappa shape index (κ2) is 5.19. The second-order valence-electron chi connectivity index (χ2n) is 4.10. The van der Waals surface area contributed by atoms with Crippen molar-refractivity contribution in [3.05, 3.63) is 30.2 Å². The molecule has 0 aromatic carbocycles. The van der Waals surface area contributed by atoms with E-state index in [4.69, 9.17) is 4.42 Å². The second-order valence-corrected chi connectivity index (χ2v) is 4.10. The van der Waals surface area contributed by atoms with E-state index in [0.717, 1.165) is 30.2 Å². The summed E-state index contributed by atoms with van der Waals surface area (Å²) < 4.78 is 7.63. The van der Waals surface area contributed by atoms with Gasteiger partial charge in [0.05, 0.1) is 6.04 Å². The third-order valence-electron chi connectivity index (χ3n) is 2.80. The average Bonchev–Trinajstić information content (AvgIpc) is 2.94. The van der Waals surface area contributed by atoms with Crippen LogP contribution in [0.3, 0.4) is 0 Å². The van der Waals surface area contributed by atoms with Gasteiger partial charge in [-0.2, -0.15) is 5.10 Å². The molecule has 0 amide bonds. The van der Waals surface area contributed by atoms with Crippen molar-refractivity contribution in [1.82, 2.24) is 15.1 Å². The van der Waals surface area contributed by atoms with E-state index in [1.54, 1.807) is 4.68 Å². The van der Waals surface area contributed by atoms with Gasteiger partial charge in [-0.3, -0.25) is 4.68 Å². The summed E-state index contributed by atoms with van der Waals surface area (Å²) in [5.74, 6) is 1.81. The highest BCUT2D eigenvalue weighted by Crippen LogP contribution is 2.25. The zero-order valence-electron chi connectivity index (χ0n) is 10.6. The van der Waals surface area contributed by atoms with Crippen LogP contribution in [-0.4, -0.2) is 16.3 Å². The molecule has 0 aliphatic heterocycles. The van der Waals surface area contributed by atoms with Gasteiger partial charge in [-0.15, -0.1) is 0 Å². The molecule has 0 spiro atoms. The van der Waals surface area contributed by atoms with Gasteiger partial charge in [0, 0.05) is 13.2 Å². The quantitative estimate of drug-likeness (QED) is 0.863. The lowest BCUT2D eigenvalue weighted by Crippen LogP contribution is -2.19. The first-order chi connectivity index (χ1) is 8.24. The van der Waals surface area contributed by atoms with Crippen LogP contribution in [0.25, 0.3) is 11.5 Å². The fraction of sp³-hybridized carbons (Fsp3) is 0.462. The molecule has 0 aliphatic carbocycles. The van der Waals surface area contributed by atoms with E-state index >= 15 is 0 Å². The zero-order chi connectivity index (χ0) is 12.3. The van der Waals surface area contributed by atoms with Crippen molar-refractivity contribution in [3.8, 4) is 11.5 Å². The van der Waals surface area contributed by atoms with E-state index in [2.05, 4.69) is 24.3 Å². The first-order valence-electron chi connectivity index (χ1n) is 6.07. The van der Waals surface area contributed by atoms with Crippen molar-refractivity contribution in [2.45, 2.75) is 26.3 Å². The Morgan fingerprint density at radius 1 is 1.35 bits per heavy atom. The lowest BCUT2D eigenvalue weighted by molar-refractivity contribution is 0.416. The number of aryl methyl sites for hydroxylation is 1. The van der Waals surface area contributed by atoms with Crippen molar-refractivity contribution in [3.63, 3.8) is 0 Å². The maximum Gasteiger partial charge on any atom is 0.154 e. The Morgan fingerprint density at radius 2 is 2.18 bits per heavy atom. The van der Waals surface area contributed by atoms with Crippen molar-refractivity contribution in [2.75, 3.05) is 6.54 Å². The lowest BCUT2D eigenvalue weighted by Gasteiger charge is -2.12. The largest absolute Gasteiger partial charge is 0.458 e. The smallest absolute Gasteiger partial charge is 0.154 e. The molecule has 0 aliphatic rings. The van der Waals surface area contributed by atoms with E-state index < -0.39 is 0 Å². The van der Waals surface area contributed by atoms with E-state index in [1.807, 2.05) is 31.4 Å². The fourth-order valence-electron chi connectivity index (χ4n) is 1.92. The summed E-state index contributed by atoms with van der Waals surface area (Å²) >= 11 is 0. The Morgan fingerprint density at radius 3 is 2.76 bits per heavy atom. The standard InChI is InChI=1S/C13H19N3O/c1-4-10(14-5-2)12-6-7-13(17-12)11-8-9-16(3)15-11/h6-10,14H,4-5H2,1-3H3. The van der Waals surface area contributed by atoms with Crippen molar-refractivity contribution in [2.24, 2.45) is 7.05 Å². The maximum absolute atomic E-state index is 5.85. The van der Waals surface area contributed by atoms with Crippen molar-refractivity contribution in [1.29, 1.82) is 0 Å². The third-order valence-corrected chi connectivity index (χ3v) is 2.80. The molecule has 0 saturated heterocycles. The number of nitrogens with zero attached hydrogens (tertiary/aromatic N) is 2. The molecule has 1 unspecified atom stereocenters. The molecular weight excluding hydrogens is 214 g/mol. The normalized spacial score (nSPS) is 12.9. The minimum Gasteiger partial charge on any atom is -0.458 e. The molecule has 1 N–H and O–H groups in total. The molecule has 1 atom stereocenters. The van der Waals surface area contributed by atoms with Gasteiger partial charge in [0.2, 0.25) is 0 Å². The summed E-state index contributed by atoms with van der Waals surface area (Å²) in [7, 11) is 1.90. The van der Waals surface area contributed by atoms with Gasteiger partial charge >= 0.3 is 0 Å². The van der Waals surface area contributed by atoms with Gasteiger partial charge in [-0.1, -0.05) is 13.8 Å². The Hall–Kier alpha value is -1.55. The predicted octanol–water partition coefficient (Wildman–Crippen LogP) is 2.74. The highest BCUT2D eigenvalue weighted by atomic mass is 16.3. The number of aromatic nitrogens is 2. The number of hydrogen-bond donors (Lipinski definition) is 1. The van der Waals surface area contributed by atoms with Crippen molar-refractivity contribution < 1.29 is 4.42 Å². The molecule has 2 aromatic rings. The van der Waals surface area contributed by atoms with Gasteiger partial charge in [-0.05, 0) is 31.2 Å². The van der Waals surface area contributed by atoms with Crippen LogP contribution < -0.4 is 5.32 Å². The number of hydrogen-bond acceptors (Lipinski definition) is 3. The van der Waals surface area contributed by atoms with Crippen LogP contribution in [0.1, 0.15) is 32.1 Å². The molecule has 0 bridgehead atoms. The SMILES string of the molecule is CCNC(CC)c1ccc(-c2ccn(C)n2)o1. The van der Waals surface area contributed by atoms with E-state index in [1.165, 1.54) is 0 Å². The summed E-state index contributed by atoms with van der Waals surface area (Å²) in [6, 6.07) is 6.26. The lowest BCUT2D eigenvalue weighted by atomic mass is 10.2. The average molecular weight is 233 g/mol. The van der Waals surface area contributed by atoms with Gasteiger partial charge < -0.3 is 9.73 Å². The Kier molecular flexibility index (Phi) is 3.64. The topological polar surface area (TPSA) is 43.0 Å². The van der Waals surface area contributed by atoms with Gasteiger partial charge in [0.15, 0.2) is 5.76 Å². The van der Waals surface area contributed by atoms with Crippen LogP contribution in [0.2, 0.25) is 0 Å². The zero-order valence-corrected chi connectivity index (χ0v) is 10.6. The molecule has 2 heterocycles. The molecule has 4 nitrogen and oxygen atoms in total. The van der Waals surface area contributed by atoms with Crippen LogP contribution in [0.5, 0.6) is 0 Å². The Balaban J connectivity index is 2.20. The molecule has 2 aromatic heterocycles. The van der Waals surface area contributed by atoms with E-state index in [0.29, 0.717) is 0 Å². The summed E-state index contributed by atoms with van der Waals surface area (Å²) in [6.07, 6.45) is 2.93. The summed E-state index contributed by atoms with van der Waals surface area (Å²) in [4.78, 5) is 0. The van der Waals surface area contributed by atoms with Gasteiger partial charge in [0.25, 0.3) is 0 Å². The molecule has 4 heteroatoms. The van der Waals surface area contributed by atoms with Crippen LogP contribution in [0.15, 0.2) is 28.8 Å². The highest BCUT2D eigenvalue weighted by Gasteiger charge is 2.14. The molecule has 17 heavy (non-hydrogen) atoms. The third kappa shape index (κ3) is 2.58. The van der Waals surface area contributed by atoms with Crippen LogP contribution in [0.4, 0.5) is 0 Å². The molecule has 0 saturated carbocycles. The Bertz CT molecular complexity index is 472. The monoisotopic (exact) mass is 233 g/mol. The molecule has 92 valence electrons. The van der Waals surface area contributed by atoms with E-state index in [9.17, 15) is 0 Å². The minimum absolute atomic E-state index is 0.289. The fourth-order valence-corrected chi connectivity index (χ4v) is 1.92. The molecule has 2 rings (SSSR count). The molecule has 0 fully saturated rings. The van der Waals surface area contributed by atoms with Crippen LogP contribution in [-0.2, 0) is 7.05 Å². The molecule has 0 radical (unpaired) electrons. The van der Waals surface area contributed by atoms with Crippen LogP contribution in [0, 0.1) is 0 Å². The maximum atomic E-state index is 5.85. The van der Waals surface area contributed by atoms with Crippen molar-refractivity contribution >= 4 is 0 Å². The number of furan rings is 1. The summed E-state index contributed by atoms with van der Waals surface area (Å²) in [5, 5.41) is 7.73. The number of nitrogens with one attached hydrogen (secondary N) is 1. The summed E-state index contributed by atoms with van der Waals surface area (Å²) in [5.41, 5.74) is 0.880.